The van der Waals surface area contributed by atoms with Crippen molar-refractivity contribution < 1.29 is 4.79 Å². The Bertz CT molecular complexity index is 775. The van der Waals surface area contributed by atoms with E-state index < -0.39 is 0 Å². The number of nitrogens with one attached hydrogen (secondary N) is 2. The minimum atomic E-state index is -0.377. The van der Waals surface area contributed by atoms with E-state index in [1.807, 2.05) is 18.4 Å². The van der Waals surface area contributed by atoms with Gasteiger partial charge in [-0.05, 0) is 51.2 Å². The second kappa shape index (κ2) is 6.36. The summed E-state index contributed by atoms with van der Waals surface area (Å²) < 4.78 is 1.89. The van der Waals surface area contributed by atoms with Crippen LogP contribution in [0.5, 0.6) is 0 Å². The van der Waals surface area contributed by atoms with Crippen molar-refractivity contribution in [2.45, 2.75) is 52.1 Å². The summed E-state index contributed by atoms with van der Waals surface area (Å²) in [4.78, 5) is 27.3. The van der Waals surface area contributed by atoms with Crippen LogP contribution in [0.25, 0.3) is 0 Å². The van der Waals surface area contributed by atoms with Gasteiger partial charge in [0.25, 0.3) is 11.5 Å². The molecule has 1 aliphatic carbocycles. The number of hydrogen-bond acceptors (Lipinski definition) is 4. The van der Waals surface area contributed by atoms with Gasteiger partial charge >= 0.3 is 0 Å². The molecule has 0 aliphatic heterocycles. The van der Waals surface area contributed by atoms with Crippen LogP contribution in [0.15, 0.2) is 17.2 Å². The molecule has 122 valence electrons. The number of aryl methyl sites for hydroxylation is 2. The largest absolute Gasteiger partial charge is 0.345 e. The smallest absolute Gasteiger partial charge is 0.261 e. The van der Waals surface area contributed by atoms with Gasteiger partial charge in [0.1, 0.15) is 11.9 Å². The fourth-order valence-electron chi connectivity index (χ4n) is 2.92. The topological polar surface area (TPSA) is 92.7 Å². The summed E-state index contributed by atoms with van der Waals surface area (Å²) >= 11 is 0. The Hall–Kier alpha value is -2.44. The van der Waals surface area contributed by atoms with Crippen molar-refractivity contribution in [1.82, 2.24) is 25.1 Å². The maximum atomic E-state index is 12.3. The van der Waals surface area contributed by atoms with E-state index >= 15 is 0 Å². The molecule has 7 nitrogen and oxygen atoms in total. The fourth-order valence-corrected chi connectivity index (χ4v) is 2.92. The molecule has 0 saturated carbocycles. The zero-order chi connectivity index (χ0) is 16.4. The molecule has 0 unspecified atom stereocenters. The van der Waals surface area contributed by atoms with E-state index in [1.165, 1.54) is 0 Å². The number of fused-ring (bicyclic) bond motifs is 1. The molecule has 0 spiro atoms. The van der Waals surface area contributed by atoms with E-state index in [0.717, 1.165) is 36.9 Å². The normalized spacial score (nSPS) is 13.9. The average molecular weight is 315 g/mol. The molecule has 2 aromatic rings. The lowest BCUT2D eigenvalue weighted by molar-refractivity contribution is 0.0947. The Labute approximate surface area is 134 Å². The molecule has 2 aromatic heterocycles. The maximum absolute atomic E-state index is 12.3. The first-order valence-corrected chi connectivity index (χ1v) is 7.98. The zero-order valence-electron chi connectivity index (χ0n) is 13.4. The van der Waals surface area contributed by atoms with Gasteiger partial charge in [-0.3, -0.25) is 9.59 Å². The van der Waals surface area contributed by atoms with Gasteiger partial charge in [-0.1, -0.05) is 0 Å². The van der Waals surface area contributed by atoms with E-state index in [1.54, 1.807) is 12.4 Å². The first kappa shape index (κ1) is 15.5. The zero-order valence-corrected chi connectivity index (χ0v) is 13.4. The van der Waals surface area contributed by atoms with Crippen molar-refractivity contribution in [2.75, 3.05) is 0 Å². The van der Waals surface area contributed by atoms with Crippen molar-refractivity contribution in [1.29, 1.82) is 0 Å². The molecule has 0 aromatic carbocycles. The molecule has 2 N–H and O–H groups in total. The highest BCUT2D eigenvalue weighted by Gasteiger charge is 2.17. The predicted molar refractivity (Wildman–Crippen MR) is 85.3 cm³/mol. The SMILES string of the molecule is CC(C)n1cnnc1CNC(=O)c1cc2c([nH]c1=O)CCCC2. The quantitative estimate of drug-likeness (QED) is 0.891. The van der Waals surface area contributed by atoms with Gasteiger partial charge in [-0.2, -0.15) is 0 Å². The summed E-state index contributed by atoms with van der Waals surface area (Å²) in [6, 6.07) is 1.94. The Kier molecular flexibility index (Phi) is 4.27. The third-order valence-corrected chi connectivity index (χ3v) is 4.19. The number of hydrogen-bond donors (Lipinski definition) is 2. The van der Waals surface area contributed by atoms with Crippen LogP contribution in [0.1, 0.15) is 60.2 Å². The number of rotatable bonds is 4. The second-order valence-corrected chi connectivity index (χ2v) is 6.15. The number of pyridine rings is 1. The molecule has 0 atom stereocenters. The molecule has 1 aliphatic rings. The third kappa shape index (κ3) is 3.18. The summed E-state index contributed by atoms with van der Waals surface area (Å²) in [6.45, 7) is 4.28. The Morgan fingerprint density at radius 3 is 2.96 bits per heavy atom. The maximum Gasteiger partial charge on any atom is 0.261 e. The first-order valence-electron chi connectivity index (χ1n) is 7.98. The average Bonchev–Trinajstić information content (AvgIpc) is 3.00. The van der Waals surface area contributed by atoms with Crippen LogP contribution >= 0.6 is 0 Å². The van der Waals surface area contributed by atoms with Crippen LogP contribution in [0.4, 0.5) is 0 Å². The van der Waals surface area contributed by atoms with E-state index in [4.69, 9.17) is 0 Å². The molecular weight excluding hydrogens is 294 g/mol. The van der Waals surface area contributed by atoms with Crippen LogP contribution < -0.4 is 10.9 Å². The van der Waals surface area contributed by atoms with Crippen molar-refractivity contribution in [3.05, 3.63) is 45.4 Å². The van der Waals surface area contributed by atoms with Crippen LogP contribution in [0, 0.1) is 0 Å². The van der Waals surface area contributed by atoms with Crippen LogP contribution in [0.3, 0.4) is 0 Å². The molecule has 0 saturated heterocycles. The summed E-state index contributed by atoms with van der Waals surface area (Å²) in [5.41, 5.74) is 1.89. The Morgan fingerprint density at radius 2 is 2.17 bits per heavy atom. The summed E-state index contributed by atoms with van der Waals surface area (Å²) in [5, 5.41) is 10.6. The van der Waals surface area contributed by atoms with Gasteiger partial charge in [0, 0.05) is 11.7 Å². The molecule has 0 bridgehead atoms. The highest BCUT2D eigenvalue weighted by molar-refractivity contribution is 5.93. The lowest BCUT2D eigenvalue weighted by Gasteiger charge is -2.16. The van der Waals surface area contributed by atoms with Gasteiger partial charge in [-0.15, -0.1) is 10.2 Å². The van der Waals surface area contributed by atoms with Crippen LogP contribution in [-0.2, 0) is 19.4 Å². The van der Waals surface area contributed by atoms with Crippen LogP contribution in [0.2, 0.25) is 0 Å². The minimum absolute atomic E-state index is 0.168. The first-order chi connectivity index (χ1) is 11.1. The fraction of sp³-hybridized carbons (Fsp3) is 0.500. The Morgan fingerprint density at radius 1 is 1.39 bits per heavy atom. The van der Waals surface area contributed by atoms with E-state index in [2.05, 4.69) is 20.5 Å². The summed E-state index contributed by atoms with van der Waals surface area (Å²) in [5.74, 6) is 0.292. The summed E-state index contributed by atoms with van der Waals surface area (Å²) in [7, 11) is 0. The molecule has 1 amide bonds. The van der Waals surface area contributed by atoms with Crippen molar-refractivity contribution in [2.24, 2.45) is 0 Å². The molecule has 3 rings (SSSR count). The summed E-state index contributed by atoms with van der Waals surface area (Å²) in [6.07, 6.45) is 5.60. The standard InChI is InChI=1S/C16H21N5O2/c1-10(2)21-9-18-20-14(21)8-17-15(22)12-7-11-5-3-4-6-13(11)19-16(12)23/h7,9-10H,3-6,8H2,1-2H3,(H,17,22)(H,19,23). The highest BCUT2D eigenvalue weighted by Crippen LogP contribution is 2.18. The second-order valence-electron chi connectivity index (χ2n) is 6.15. The number of H-pyrrole nitrogens is 1. The van der Waals surface area contributed by atoms with Crippen molar-refractivity contribution in [3.63, 3.8) is 0 Å². The van der Waals surface area contributed by atoms with Crippen molar-refractivity contribution >= 4 is 5.91 Å². The minimum Gasteiger partial charge on any atom is -0.345 e. The molecule has 0 radical (unpaired) electrons. The van der Waals surface area contributed by atoms with Gasteiger partial charge in [0.2, 0.25) is 0 Å². The Balaban J connectivity index is 1.76. The van der Waals surface area contributed by atoms with E-state index in [0.29, 0.717) is 5.82 Å². The number of carbonyl (C=O) groups is 1. The van der Waals surface area contributed by atoms with Gasteiger partial charge in [0.15, 0.2) is 5.82 Å². The van der Waals surface area contributed by atoms with Gasteiger partial charge < -0.3 is 14.9 Å². The molecule has 23 heavy (non-hydrogen) atoms. The number of amides is 1. The molecule has 0 fully saturated rings. The highest BCUT2D eigenvalue weighted by atomic mass is 16.2. The van der Waals surface area contributed by atoms with Gasteiger partial charge in [-0.25, -0.2) is 0 Å². The number of nitrogens with zero attached hydrogens (tertiary/aromatic N) is 3. The predicted octanol–water partition coefficient (Wildman–Crippen LogP) is 1.36. The molecule has 7 heteroatoms. The number of carbonyl (C=O) groups excluding carboxylic acids is 1. The molecule has 2 heterocycles. The van der Waals surface area contributed by atoms with E-state index in [-0.39, 0.29) is 29.6 Å². The van der Waals surface area contributed by atoms with E-state index in [9.17, 15) is 9.59 Å². The van der Waals surface area contributed by atoms with Gasteiger partial charge in [0.05, 0.1) is 6.54 Å². The lowest BCUT2D eigenvalue weighted by Crippen LogP contribution is -2.31. The third-order valence-electron chi connectivity index (χ3n) is 4.19. The molecular formula is C16H21N5O2. The number of aromatic nitrogens is 4. The monoisotopic (exact) mass is 315 g/mol. The number of aromatic amines is 1. The lowest BCUT2D eigenvalue weighted by atomic mass is 9.95. The van der Waals surface area contributed by atoms with Crippen molar-refractivity contribution in [3.8, 4) is 0 Å². The van der Waals surface area contributed by atoms with Crippen LogP contribution in [-0.4, -0.2) is 25.7 Å².